The van der Waals surface area contributed by atoms with Crippen LogP contribution in [0.15, 0.2) is 84.9 Å². The average Bonchev–Trinajstić information content (AvgIpc) is 3.35. The van der Waals surface area contributed by atoms with Gasteiger partial charge in [-0.05, 0) is 83.8 Å². The number of ether oxygens (including phenoxy) is 1. The second kappa shape index (κ2) is 12.5. The smallest absolute Gasteiger partial charge is 0.326 e. The molecule has 0 spiro atoms. The lowest BCUT2D eigenvalue weighted by molar-refractivity contribution is -0.141. The number of halogens is 1. The maximum Gasteiger partial charge on any atom is 0.326 e. The first kappa shape index (κ1) is 29.4. The van der Waals surface area contributed by atoms with Gasteiger partial charge in [-0.25, -0.2) is 9.18 Å². The highest BCUT2D eigenvalue weighted by atomic mass is 19.1. The Hall–Kier alpha value is -4.65. The molecule has 0 bridgehead atoms. The van der Waals surface area contributed by atoms with Gasteiger partial charge < -0.3 is 19.3 Å². The predicted octanol–water partition coefficient (Wildman–Crippen LogP) is 7.50. The lowest BCUT2D eigenvalue weighted by Gasteiger charge is -2.36. The Morgan fingerprint density at radius 1 is 1.00 bits per heavy atom. The first-order chi connectivity index (χ1) is 21.4. The molecular formula is C37H37FN2O4. The van der Waals surface area contributed by atoms with E-state index in [1.165, 1.54) is 12.1 Å². The van der Waals surface area contributed by atoms with E-state index >= 15 is 0 Å². The standard InChI is InChI=1S/C37H37FN2O4/c1-3-32(37(42)43)40-33-18-16-27(38)21-30(33)31-22-28(17-19-34(31)40)39(23-26-12-8-11-24-9-4-6-13-29(24)26)36(41)20-15-25-10-5-7-14-35(25)44-2/h4-14,16,18,21,28,32H,3,15,17,19-20,22-23H2,1-2H3,(H,42,43). The summed E-state index contributed by atoms with van der Waals surface area (Å²) in [6, 6.07) is 25.9. The van der Waals surface area contributed by atoms with Gasteiger partial charge in [0.05, 0.1) is 7.11 Å². The van der Waals surface area contributed by atoms with Crippen molar-refractivity contribution in [3.63, 3.8) is 0 Å². The van der Waals surface area contributed by atoms with Gasteiger partial charge in [0.15, 0.2) is 0 Å². The number of aliphatic carboxylic acids is 1. The molecule has 7 heteroatoms. The monoisotopic (exact) mass is 592 g/mol. The zero-order chi connectivity index (χ0) is 30.8. The van der Waals surface area contributed by atoms with E-state index in [-0.39, 0.29) is 17.8 Å². The summed E-state index contributed by atoms with van der Waals surface area (Å²) in [6.07, 6.45) is 3.11. The van der Waals surface area contributed by atoms with Gasteiger partial charge in [-0.2, -0.15) is 0 Å². The minimum Gasteiger partial charge on any atom is -0.496 e. The predicted molar refractivity (Wildman–Crippen MR) is 170 cm³/mol. The van der Waals surface area contributed by atoms with Crippen LogP contribution in [0.25, 0.3) is 21.7 Å². The van der Waals surface area contributed by atoms with Crippen LogP contribution in [0.2, 0.25) is 0 Å². The van der Waals surface area contributed by atoms with Crippen molar-refractivity contribution in [1.29, 1.82) is 0 Å². The molecule has 6 nitrogen and oxygen atoms in total. The highest BCUT2D eigenvalue weighted by Crippen LogP contribution is 2.38. The fraction of sp³-hybridized carbons (Fsp3) is 0.297. The van der Waals surface area contributed by atoms with Crippen LogP contribution in [-0.2, 0) is 35.4 Å². The summed E-state index contributed by atoms with van der Waals surface area (Å²) in [6.45, 7) is 2.31. The molecule has 226 valence electrons. The van der Waals surface area contributed by atoms with Crippen molar-refractivity contribution in [3.8, 4) is 5.75 Å². The molecule has 1 amide bonds. The molecule has 0 saturated carbocycles. The number of hydrogen-bond acceptors (Lipinski definition) is 3. The molecule has 44 heavy (non-hydrogen) atoms. The fourth-order valence-electron chi connectivity index (χ4n) is 6.97. The van der Waals surface area contributed by atoms with Crippen LogP contribution >= 0.6 is 0 Å². The zero-order valence-electron chi connectivity index (χ0n) is 25.1. The first-order valence-corrected chi connectivity index (χ1v) is 15.3. The molecule has 0 aliphatic heterocycles. The van der Waals surface area contributed by atoms with E-state index in [1.807, 2.05) is 58.9 Å². The Balaban J connectivity index is 1.38. The number of aryl methyl sites for hydroxylation is 1. The molecule has 0 fully saturated rings. The minimum absolute atomic E-state index is 0.0455. The number of carboxylic acids is 1. The third kappa shape index (κ3) is 5.54. The highest BCUT2D eigenvalue weighted by Gasteiger charge is 2.34. The van der Waals surface area contributed by atoms with Crippen LogP contribution in [0.3, 0.4) is 0 Å². The quantitative estimate of drug-likeness (QED) is 0.182. The lowest BCUT2D eigenvalue weighted by atomic mass is 9.89. The van der Waals surface area contributed by atoms with Gasteiger partial charge in [0, 0.05) is 35.6 Å². The molecule has 6 rings (SSSR count). The summed E-state index contributed by atoms with van der Waals surface area (Å²) >= 11 is 0. The third-order valence-electron chi connectivity index (χ3n) is 9.10. The average molecular weight is 593 g/mol. The van der Waals surface area contributed by atoms with Gasteiger partial charge in [-0.1, -0.05) is 67.6 Å². The molecule has 1 aliphatic rings. The number of methoxy groups -OCH3 is 1. The molecule has 1 heterocycles. The summed E-state index contributed by atoms with van der Waals surface area (Å²) in [5.74, 6) is -0.447. The van der Waals surface area contributed by atoms with Crippen molar-refractivity contribution in [2.75, 3.05) is 7.11 Å². The van der Waals surface area contributed by atoms with E-state index in [9.17, 15) is 19.1 Å². The van der Waals surface area contributed by atoms with E-state index in [1.54, 1.807) is 13.2 Å². The van der Waals surface area contributed by atoms with Crippen molar-refractivity contribution in [2.45, 2.75) is 64.1 Å². The number of aromatic nitrogens is 1. The lowest BCUT2D eigenvalue weighted by Crippen LogP contribution is -2.43. The second-order valence-electron chi connectivity index (χ2n) is 11.6. The molecule has 4 aromatic carbocycles. The van der Waals surface area contributed by atoms with E-state index in [4.69, 9.17) is 4.74 Å². The van der Waals surface area contributed by atoms with Crippen LogP contribution in [0.5, 0.6) is 5.75 Å². The number of carbonyl (C=O) groups is 2. The molecule has 5 aromatic rings. The fourth-order valence-corrected chi connectivity index (χ4v) is 6.97. The zero-order valence-corrected chi connectivity index (χ0v) is 25.1. The summed E-state index contributed by atoms with van der Waals surface area (Å²) in [4.78, 5) is 28.4. The van der Waals surface area contributed by atoms with Crippen molar-refractivity contribution >= 4 is 33.6 Å². The molecule has 2 atom stereocenters. The first-order valence-electron chi connectivity index (χ1n) is 15.3. The topological polar surface area (TPSA) is 71.8 Å². The van der Waals surface area contributed by atoms with Crippen LogP contribution in [-0.4, -0.2) is 39.6 Å². The van der Waals surface area contributed by atoms with Crippen molar-refractivity contribution < 1.29 is 23.8 Å². The third-order valence-corrected chi connectivity index (χ3v) is 9.10. The number of benzene rings is 4. The van der Waals surface area contributed by atoms with Gasteiger partial charge in [-0.15, -0.1) is 0 Å². The summed E-state index contributed by atoms with van der Waals surface area (Å²) in [5, 5.41) is 13.0. The number of nitrogens with zero attached hydrogens (tertiary/aromatic N) is 2. The van der Waals surface area contributed by atoms with E-state index in [0.29, 0.717) is 45.1 Å². The van der Waals surface area contributed by atoms with Crippen LogP contribution < -0.4 is 4.74 Å². The normalized spacial score (nSPS) is 15.2. The Bertz CT molecular complexity index is 1840. The van der Waals surface area contributed by atoms with Crippen LogP contribution in [0.4, 0.5) is 4.39 Å². The van der Waals surface area contributed by atoms with Gasteiger partial charge in [0.25, 0.3) is 0 Å². The Kier molecular flexibility index (Phi) is 8.38. The van der Waals surface area contributed by atoms with Crippen LogP contribution in [0, 0.1) is 5.82 Å². The van der Waals surface area contributed by atoms with Gasteiger partial charge in [0.2, 0.25) is 5.91 Å². The summed E-state index contributed by atoms with van der Waals surface area (Å²) < 4.78 is 22.0. The SMILES string of the molecule is CCC(C(=O)O)n1c2c(c3cc(F)ccc31)CC(N(Cc1cccc3ccccc13)C(=O)CCc1ccccc1OC)CC2. The van der Waals surface area contributed by atoms with Crippen molar-refractivity contribution in [3.05, 3.63) is 113 Å². The number of rotatable bonds is 10. The Morgan fingerprint density at radius 3 is 2.55 bits per heavy atom. The van der Waals surface area contributed by atoms with E-state index in [2.05, 4.69) is 24.3 Å². The number of carbonyl (C=O) groups excluding carboxylic acids is 1. The van der Waals surface area contributed by atoms with Gasteiger partial charge >= 0.3 is 5.97 Å². The summed E-state index contributed by atoms with van der Waals surface area (Å²) in [5.41, 5.74) is 4.66. The Labute approximate surface area is 256 Å². The Morgan fingerprint density at radius 2 is 1.75 bits per heavy atom. The number of amides is 1. The summed E-state index contributed by atoms with van der Waals surface area (Å²) in [7, 11) is 1.64. The highest BCUT2D eigenvalue weighted by molar-refractivity contribution is 5.89. The van der Waals surface area contributed by atoms with Gasteiger partial charge in [0.1, 0.15) is 17.6 Å². The maximum atomic E-state index is 14.6. The largest absolute Gasteiger partial charge is 0.496 e. The van der Waals surface area contributed by atoms with E-state index < -0.39 is 12.0 Å². The molecule has 1 aromatic heterocycles. The molecule has 0 saturated heterocycles. The van der Waals surface area contributed by atoms with Gasteiger partial charge in [-0.3, -0.25) is 4.79 Å². The molecule has 1 N–H and O–H groups in total. The molecular weight excluding hydrogens is 555 g/mol. The van der Waals surface area contributed by atoms with Crippen molar-refractivity contribution in [1.82, 2.24) is 9.47 Å². The number of fused-ring (bicyclic) bond motifs is 4. The molecule has 1 aliphatic carbocycles. The molecule has 2 unspecified atom stereocenters. The maximum absolute atomic E-state index is 14.6. The number of hydrogen-bond donors (Lipinski definition) is 1. The second-order valence-corrected chi connectivity index (χ2v) is 11.6. The molecule has 0 radical (unpaired) electrons. The number of para-hydroxylation sites is 1. The minimum atomic E-state index is -0.900. The van der Waals surface area contributed by atoms with E-state index in [0.717, 1.165) is 49.8 Å². The van der Waals surface area contributed by atoms with Crippen LogP contribution in [0.1, 0.15) is 54.6 Å². The van der Waals surface area contributed by atoms with Crippen molar-refractivity contribution in [2.24, 2.45) is 0 Å². The number of carboxylic acid groups (broad SMARTS) is 1.